The lowest BCUT2D eigenvalue weighted by atomic mass is 9.64. The minimum Gasteiger partial charge on any atom is -0.497 e. The molecule has 5 heteroatoms. The van der Waals surface area contributed by atoms with Crippen molar-refractivity contribution in [1.82, 2.24) is 0 Å². The van der Waals surface area contributed by atoms with E-state index in [1.807, 2.05) is 89.8 Å². The molecule has 2 heterocycles. The lowest BCUT2D eigenvalue weighted by Crippen LogP contribution is -2.48. The second-order valence-electron chi connectivity index (χ2n) is 12.2. The highest BCUT2D eigenvalue weighted by molar-refractivity contribution is 6.32. The third-order valence-corrected chi connectivity index (χ3v) is 9.32. The standard InChI is InChI=1S/C38H33NO4/c1-23(2)21-24-15-17-26(18-16-24)35(40)34-33(27-10-8-11-28(22-27)43-3)38(36(41)29-12-5-6-13-30(29)37(38)42)32-20-19-25-9-4-7-14-31(25)39(32)34/h4-20,22-23,32-34H,21H2,1-3H3/t32-,33-,34+/m1/s1. The van der Waals surface area contributed by atoms with Gasteiger partial charge in [0.2, 0.25) is 0 Å². The highest BCUT2D eigenvalue weighted by Gasteiger charge is 2.71. The van der Waals surface area contributed by atoms with E-state index >= 15 is 0 Å². The molecule has 0 radical (unpaired) electrons. The topological polar surface area (TPSA) is 63.7 Å². The molecule has 0 aromatic heterocycles. The molecule has 0 unspecified atom stereocenters. The molecule has 4 aromatic carbocycles. The highest BCUT2D eigenvalue weighted by atomic mass is 16.5. The summed E-state index contributed by atoms with van der Waals surface area (Å²) in [7, 11) is 1.59. The number of benzene rings is 4. The van der Waals surface area contributed by atoms with Crippen molar-refractivity contribution in [1.29, 1.82) is 0 Å². The fraction of sp³-hybridized carbons (Fsp3) is 0.237. The molecule has 1 fully saturated rings. The number of rotatable bonds is 6. The summed E-state index contributed by atoms with van der Waals surface area (Å²) in [6, 6.07) is 28.8. The summed E-state index contributed by atoms with van der Waals surface area (Å²) in [6.07, 6.45) is 4.86. The number of nitrogens with zero attached hydrogens (tertiary/aromatic N) is 1. The maximum Gasteiger partial charge on any atom is 0.185 e. The summed E-state index contributed by atoms with van der Waals surface area (Å²) in [5.41, 5.74) is 3.54. The van der Waals surface area contributed by atoms with E-state index in [2.05, 4.69) is 13.8 Å². The van der Waals surface area contributed by atoms with Crippen LogP contribution in [0.1, 0.15) is 67.5 Å². The van der Waals surface area contributed by atoms with E-state index in [-0.39, 0.29) is 17.3 Å². The Hall–Kier alpha value is -4.77. The van der Waals surface area contributed by atoms with Crippen LogP contribution in [0.25, 0.3) is 6.08 Å². The summed E-state index contributed by atoms with van der Waals surface area (Å²) in [5.74, 6) is -0.253. The first kappa shape index (κ1) is 27.1. The zero-order valence-electron chi connectivity index (χ0n) is 24.5. The van der Waals surface area contributed by atoms with E-state index in [1.54, 1.807) is 31.4 Å². The summed E-state index contributed by atoms with van der Waals surface area (Å²) in [4.78, 5) is 46.5. The lowest BCUT2D eigenvalue weighted by molar-refractivity contribution is 0.0665. The van der Waals surface area contributed by atoms with Crippen molar-refractivity contribution in [2.75, 3.05) is 12.0 Å². The van der Waals surface area contributed by atoms with E-state index in [0.29, 0.717) is 28.4 Å². The molecule has 43 heavy (non-hydrogen) atoms. The number of methoxy groups -OCH3 is 1. The van der Waals surface area contributed by atoms with Crippen LogP contribution in [0.2, 0.25) is 0 Å². The second-order valence-corrected chi connectivity index (χ2v) is 12.2. The molecule has 214 valence electrons. The van der Waals surface area contributed by atoms with E-state index < -0.39 is 23.4 Å². The largest absolute Gasteiger partial charge is 0.497 e. The van der Waals surface area contributed by atoms with Gasteiger partial charge in [0.25, 0.3) is 0 Å². The Labute approximate surface area is 251 Å². The van der Waals surface area contributed by atoms with Gasteiger partial charge in [-0.05, 0) is 47.2 Å². The average Bonchev–Trinajstić information content (AvgIpc) is 3.47. The molecule has 2 aliphatic heterocycles. The van der Waals surface area contributed by atoms with Crippen LogP contribution in [-0.4, -0.2) is 36.5 Å². The molecule has 5 nitrogen and oxygen atoms in total. The van der Waals surface area contributed by atoms with Gasteiger partial charge in [-0.15, -0.1) is 0 Å². The number of anilines is 1. The van der Waals surface area contributed by atoms with E-state index in [0.717, 1.165) is 23.2 Å². The van der Waals surface area contributed by atoms with E-state index in [4.69, 9.17) is 4.74 Å². The van der Waals surface area contributed by atoms with Crippen LogP contribution in [0.3, 0.4) is 0 Å². The Morgan fingerprint density at radius 1 is 0.860 bits per heavy atom. The Morgan fingerprint density at radius 3 is 2.21 bits per heavy atom. The molecule has 1 aliphatic carbocycles. The molecule has 0 bridgehead atoms. The molecular weight excluding hydrogens is 534 g/mol. The number of fused-ring (bicyclic) bond motifs is 5. The van der Waals surface area contributed by atoms with Gasteiger partial charge in [-0.25, -0.2) is 0 Å². The van der Waals surface area contributed by atoms with Crippen molar-refractivity contribution in [3.8, 4) is 5.75 Å². The predicted octanol–water partition coefficient (Wildman–Crippen LogP) is 7.21. The monoisotopic (exact) mass is 567 g/mol. The van der Waals surface area contributed by atoms with Gasteiger partial charge in [0, 0.05) is 28.3 Å². The van der Waals surface area contributed by atoms with Crippen molar-refractivity contribution in [3.63, 3.8) is 0 Å². The van der Waals surface area contributed by atoms with Crippen molar-refractivity contribution < 1.29 is 19.1 Å². The SMILES string of the molecule is COc1cccc([C@@H]2[C@@H](C(=O)c3ccc(CC(C)C)cc3)N3c4ccccc4C=C[C@@H]3C23C(=O)c2ccccc2C3=O)c1. The maximum atomic E-state index is 14.9. The summed E-state index contributed by atoms with van der Waals surface area (Å²) in [6.45, 7) is 4.34. The van der Waals surface area contributed by atoms with Crippen molar-refractivity contribution in [2.24, 2.45) is 11.3 Å². The minimum absolute atomic E-state index is 0.118. The van der Waals surface area contributed by atoms with Gasteiger partial charge < -0.3 is 9.64 Å². The van der Waals surface area contributed by atoms with Crippen LogP contribution < -0.4 is 9.64 Å². The number of ketones is 3. The fourth-order valence-electron chi connectivity index (χ4n) is 7.57. The number of ether oxygens (including phenoxy) is 1. The Bertz CT molecular complexity index is 1770. The quantitative estimate of drug-likeness (QED) is 0.182. The van der Waals surface area contributed by atoms with Crippen LogP contribution >= 0.6 is 0 Å². The minimum atomic E-state index is -1.53. The Balaban J connectivity index is 1.49. The first-order chi connectivity index (χ1) is 20.9. The summed E-state index contributed by atoms with van der Waals surface area (Å²) >= 11 is 0. The van der Waals surface area contributed by atoms with Crippen molar-refractivity contribution in [2.45, 2.75) is 38.3 Å². The van der Waals surface area contributed by atoms with E-state index in [1.165, 1.54) is 5.56 Å². The Morgan fingerprint density at radius 2 is 1.53 bits per heavy atom. The molecule has 0 saturated carbocycles. The summed E-state index contributed by atoms with van der Waals surface area (Å²) in [5, 5.41) is 0. The van der Waals surface area contributed by atoms with Gasteiger partial charge in [0.1, 0.15) is 17.2 Å². The van der Waals surface area contributed by atoms with Gasteiger partial charge in [0.05, 0.1) is 13.2 Å². The number of hydrogen-bond acceptors (Lipinski definition) is 5. The van der Waals surface area contributed by atoms with Crippen molar-refractivity contribution in [3.05, 3.63) is 137 Å². The van der Waals surface area contributed by atoms with E-state index in [9.17, 15) is 14.4 Å². The molecule has 4 aromatic rings. The maximum absolute atomic E-state index is 14.9. The second kappa shape index (κ2) is 10.2. The lowest BCUT2D eigenvalue weighted by Gasteiger charge is -2.37. The predicted molar refractivity (Wildman–Crippen MR) is 168 cm³/mol. The third kappa shape index (κ3) is 3.94. The number of Topliss-reactive ketones (excluding diaryl/α,β-unsaturated/α-hetero) is 3. The van der Waals surface area contributed by atoms with Crippen LogP contribution in [0.15, 0.2) is 103 Å². The molecule has 3 atom stereocenters. The van der Waals surface area contributed by atoms with Gasteiger partial charge in [-0.3, -0.25) is 14.4 Å². The zero-order chi connectivity index (χ0) is 29.9. The van der Waals surface area contributed by atoms with Crippen LogP contribution in [0, 0.1) is 11.3 Å². The molecular formula is C38H33NO4. The van der Waals surface area contributed by atoms with Gasteiger partial charge >= 0.3 is 0 Å². The average molecular weight is 568 g/mol. The van der Waals surface area contributed by atoms with Crippen molar-refractivity contribution >= 4 is 29.1 Å². The number of carbonyl (C=O) groups excluding carboxylic acids is 3. The normalized spacial score (nSPS) is 21.2. The molecule has 0 amide bonds. The third-order valence-electron chi connectivity index (χ3n) is 9.32. The van der Waals surface area contributed by atoms with Crippen LogP contribution in [-0.2, 0) is 6.42 Å². The Kier molecular flexibility index (Phi) is 6.42. The van der Waals surface area contributed by atoms with Gasteiger partial charge in [-0.2, -0.15) is 0 Å². The number of carbonyl (C=O) groups is 3. The fourth-order valence-corrected chi connectivity index (χ4v) is 7.57. The summed E-state index contributed by atoms with van der Waals surface area (Å²) < 4.78 is 5.60. The van der Waals surface area contributed by atoms with Crippen LogP contribution in [0.5, 0.6) is 5.75 Å². The molecule has 1 spiro atoms. The number of hydrogen-bond donors (Lipinski definition) is 0. The first-order valence-corrected chi connectivity index (χ1v) is 14.9. The van der Waals surface area contributed by atoms with Gasteiger partial charge in [-0.1, -0.05) is 105 Å². The zero-order valence-corrected chi connectivity index (χ0v) is 24.5. The highest BCUT2D eigenvalue weighted by Crippen LogP contribution is 2.61. The molecule has 1 saturated heterocycles. The molecule has 3 aliphatic rings. The van der Waals surface area contributed by atoms with Crippen LogP contribution in [0.4, 0.5) is 5.69 Å². The first-order valence-electron chi connectivity index (χ1n) is 14.9. The van der Waals surface area contributed by atoms with Gasteiger partial charge in [0.15, 0.2) is 17.3 Å². The number of para-hydroxylation sites is 1. The smallest absolute Gasteiger partial charge is 0.185 e. The molecule has 0 N–H and O–H groups in total. The molecule has 7 rings (SSSR count).